The molecular weight excluding hydrogens is 203 g/mol. The van der Waals surface area contributed by atoms with E-state index in [9.17, 15) is 9.18 Å². The van der Waals surface area contributed by atoms with Crippen molar-refractivity contribution in [3.8, 4) is 0 Å². The van der Waals surface area contributed by atoms with Gasteiger partial charge in [0.05, 0.1) is 0 Å². The largest absolute Gasteiger partial charge is 0.299 e. The van der Waals surface area contributed by atoms with Crippen LogP contribution in [0.25, 0.3) is 0 Å². The second kappa shape index (κ2) is 4.00. The molecule has 0 spiro atoms. The van der Waals surface area contributed by atoms with Crippen LogP contribution >= 0.6 is 0 Å². The van der Waals surface area contributed by atoms with Crippen molar-refractivity contribution in [1.29, 1.82) is 0 Å². The quantitative estimate of drug-likeness (QED) is 0.705. The highest BCUT2D eigenvalue weighted by Gasteiger charge is 2.35. The summed E-state index contributed by atoms with van der Waals surface area (Å²) in [5.41, 5.74) is 0.918. The first-order valence-corrected chi connectivity index (χ1v) is 5.78. The van der Waals surface area contributed by atoms with E-state index in [1.165, 1.54) is 12.1 Å². The highest BCUT2D eigenvalue weighted by atomic mass is 19.1. The number of rotatable bonds is 1. The van der Waals surface area contributed by atoms with Crippen molar-refractivity contribution in [2.75, 3.05) is 0 Å². The molecule has 0 bridgehead atoms. The fourth-order valence-corrected chi connectivity index (χ4v) is 2.30. The zero-order valence-electron chi connectivity index (χ0n) is 9.79. The fraction of sp³-hybridized carbons (Fsp3) is 0.500. The Bertz CT molecular complexity index is 392. The van der Waals surface area contributed by atoms with E-state index in [4.69, 9.17) is 0 Å². The molecule has 1 unspecified atom stereocenters. The molecule has 16 heavy (non-hydrogen) atoms. The standard InChI is InChI=1S/C14H17FO/c1-14(2)8-7-11(9-13(14)16)10-3-5-12(15)6-4-10/h3-6,11H,7-9H2,1-2H3. The molecule has 1 nitrogen and oxygen atoms in total. The van der Waals surface area contributed by atoms with Gasteiger partial charge in [-0.2, -0.15) is 0 Å². The summed E-state index contributed by atoms with van der Waals surface area (Å²) < 4.78 is 12.8. The summed E-state index contributed by atoms with van der Waals surface area (Å²) in [6.45, 7) is 4.02. The van der Waals surface area contributed by atoms with Crippen LogP contribution in [0.2, 0.25) is 0 Å². The third-order valence-corrected chi connectivity index (χ3v) is 3.65. The number of ketones is 1. The number of carbonyl (C=O) groups is 1. The molecule has 1 fully saturated rings. The Morgan fingerprint density at radius 2 is 1.88 bits per heavy atom. The SMILES string of the molecule is CC1(C)CCC(c2ccc(F)cc2)CC1=O. The molecule has 0 radical (unpaired) electrons. The van der Waals surface area contributed by atoms with Gasteiger partial charge in [0.1, 0.15) is 11.6 Å². The maximum absolute atomic E-state index is 12.8. The van der Waals surface area contributed by atoms with Crippen molar-refractivity contribution in [3.63, 3.8) is 0 Å². The smallest absolute Gasteiger partial charge is 0.139 e. The molecule has 1 aliphatic rings. The summed E-state index contributed by atoms with van der Waals surface area (Å²) in [4.78, 5) is 11.9. The number of halogens is 1. The van der Waals surface area contributed by atoms with Crippen molar-refractivity contribution in [2.24, 2.45) is 5.41 Å². The molecule has 0 aromatic heterocycles. The summed E-state index contributed by atoms with van der Waals surface area (Å²) in [5, 5.41) is 0. The van der Waals surface area contributed by atoms with E-state index in [2.05, 4.69) is 0 Å². The number of carbonyl (C=O) groups excluding carboxylic acids is 1. The van der Waals surface area contributed by atoms with Crippen LogP contribution in [0.15, 0.2) is 24.3 Å². The second-order valence-corrected chi connectivity index (χ2v) is 5.30. The van der Waals surface area contributed by atoms with Crippen molar-refractivity contribution < 1.29 is 9.18 Å². The second-order valence-electron chi connectivity index (χ2n) is 5.30. The molecule has 0 amide bonds. The minimum Gasteiger partial charge on any atom is -0.299 e. The third kappa shape index (κ3) is 2.16. The zero-order valence-corrected chi connectivity index (χ0v) is 9.79. The molecular formula is C14H17FO. The monoisotopic (exact) mass is 220 g/mol. The first kappa shape index (κ1) is 11.3. The Kier molecular flexibility index (Phi) is 2.83. The Hall–Kier alpha value is -1.18. The summed E-state index contributed by atoms with van der Waals surface area (Å²) in [5.74, 6) is 0.389. The topological polar surface area (TPSA) is 17.1 Å². The molecule has 2 heteroatoms. The number of hydrogen-bond donors (Lipinski definition) is 0. The van der Waals surface area contributed by atoms with Gasteiger partial charge in [0.25, 0.3) is 0 Å². The first-order valence-electron chi connectivity index (χ1n) is 5.78. The van der Waals surface area contributed by atoms with E-state index in [0.717, 1.165) is 18.4 Å². The van der Waals surface area contributed by atoms with Crippen LogP contribution in [0.3, 0.4) is 0 Å². The van der Waals surface area contributed by atoms with Crippen molar-refractivity contribution in [3.05, 3.63) is 35.6 Å². The maximum Gasteiger partial charge on any atom is 0.139 e. The highest BCUT2D eigenvalue weighted by Crippen LogP contribution is 2.39. The van der Waals surface area contributed by atoms with Gasteiger partial charge in [-0.3, -0.25) is 4.79 Å². The maximum atomic E-state index is 12.8. The predicted octanol–water partition coefficient (Wildman–Crippen LogP) is 3.69. The first-order chi connectivity index (χ1) is 7.49. The van der Waals surface area contributed by atoms with E-state index in [0.29, 0.717) is 12.2 Å². The zero-order chi connectivity index (χ0) is 11.8. The Balaban J connectivity index is 2.14. The van der Waals surface area contributed by atoms with Crippen molar-refractivity contribution >= 4 is 5.78 Å². The molecule has 0 N–H and O–H groups in total. The lowest BCUT2D eigenvalue weighted by Crippen LogP contribution is -2.31. The summed E-state index contributed by atoms with van der Waals surface area (Å²) in [6.07, 6.45) is 2.54. The molecule has 1 atom stereocenters. The van der Waals surface area contributed by atoms with Gasteiger partial charge in [0, 0.05) is 11.8 Å². The van der Waals surface area contributed by atoms with Crippen molar-refractivity contribution in [2.45, 2.75) is 39.0 Å². The van der Waals surface area contributed by atoms with Crippen molar-refractivity contribution in [1.82, 2.24) is 0 Å². The van der Waals surface area contributed by atoms with E-state index in [-0.39, 0.29) is 17.2 Å². The Morgan fingerprint density at radius 1 is 1.25 bits per heavy atom. The number of hydrogen-bond acceptors (Lipinski definition) is 1. The van der Waals surface area contributed by atoms with Crippen LogP contribution < -0.4 is 0 Å². The van der Waals surface area contributed by atoms with Gasteiger partial charge in [-0.05, 0) is 36.5 Å². The molecule has 1 aromatic rings. The average molecular weight is 220 g/mol. The van der Waals surface area contributed by atoms with Crippen LogP contribution in [0.5, 0.6) is 0 Å². The van der Waals surface area contributed by atoms with E-state index < -0.39 is 0 Å². The van der Waals surface area contributed by atoms with E-state index >= 15 is 0 Å². The summed E-state index contributed by atoms with van der Waals surface area (Å²) in [6, 6.07) is 6.54. The van der Waals surface area contributed by atoms with Crippen LogP contribution in [0.1, 0.15) is 44.6 Å². The highest BCUT2D eigenvalue weighted by molar-refractivity contribution is 5.85. The normalized spacial score (nSPS) is 24.4. The van der Waals surface area contributed by atoms with Gasteiger partial charge in [-0.25, -0.2) is 4.39 Å². The van der Waals surface area contributed by atoms with E-state index in [1.54, 1.807) is 12.1 Å². The average Bonchev–Trinajstić information content (AvgIpc) is 2.24. The Labute approximate surface area is 95.7 Å². The van der Waals surface area contributed by atoms with Gasteiger partial charge in [-0.1, -0.05) is 26.0 Å². The molecule has 1 aliphatic carbocycles. The summed E-state index contributed by atoms with van der Waals surface area (Å²) >= 11 is 0. The molecule has 0 heterocycles. The number of benzene rings is 1. The van der Waals surface area contributed by atoms with Crippen LogP contribution in [0, 0.1) is 11.2 Å². The van der Waals surface area contributed by atoms with Gasteiger partial charge in [0.2, 0.25) is 0 Å². The molecule has 0 aliphatic heterocycles. The molecule has 0 saturated heterocycles. The van der Waals surface area contributed by atoms with Gasteiger partial charge >= 0.3 is 0 Å². The molecule has 1 saturated carbocycles. The molecule has 1 aromatic carbocycles. The molecule has 2 rings (SSSR count). The van der Waals surface area contributed by atoms with Crippen LogP contribution in [0.4, 0.5) is 4.39 Å². The Morgan fingerprint density at radius 3 is 2.44 bits per heavy atom. The molecule has 86 valence electrons. The fourth-order valence-electron chi connectivity index (χ4n) is 2.30. The van der Waals surface area contributed by atoms with Crippen LogP contribution in [-0.2, 0) is 4.79 Å². The third-order valence-electron chi connectivity index (χ3n) is 3.65. The van der Waals surface area contributed by atoms with Gasteiger partial charge in [0.15, 0.2) is 0 Å². The van der Waals surface area contributed by atoms with Crippen LogP contribution in [-0.4, -0.2) is 5.78 Å². The minimum absolute atomic E-state index is 0.170. The lowest BCUT2D eigenvalue weighted by atomic mass is 9.70. The lowest BCUT2D eigenvalue weighted by molar-refractivity contribution is -0.129. The van der Waals surface area contributed by atoms with Gasteiger partial charge < -0.3 is 0 Å². The minimum atomic E-state index is -0.216. The lowest BCUT2D eigenvalue weighted by Gasteiger charge is -2.33. The predicted molar refractivity (Wildman–Crippen MR) is 61.8 cm³/mol. The summed E-state index contributed by atoms with van der Waals surface area (Å²) in [7, 11) is 0. The number of Topliss-reactive ketones (excluding diaryl/α,β-unsaturated/α-hetero) is 1. The van der Waals surface area contributed by atoms with Gasteiger partial charge in [-0.15, -0.1) is 0 Å². The van der Waals surface area contributed by atoms with E-state index in [1.807, 2.05) is 13.8 Å².